The van der Waals surface area contributed by atoms with Crippen LogP contribution in [0.3, 0.4) is 0 Å². The van der Waals surface area contributed by atoms with Gasteiger partial charge in [-0.15, -0.1) is 12.6 Å². The number of thiol groups is 1. The number of nitrogens with zero attached hydrogens (tertiary/aromatic N) is 1. The largest absolute Gasteiger partial charge is 0.303 e. The predicted octanol–water partition coefficient (Wildman–Crippen LogP) is 2.60. The molecule has 0 bridgehead atoms. The molecule has 66 valence electrons. The fourth-order valence-electron chi connectivity index (χ4n) is 1.12. The van der Waals surface area contributed by atoms with Crippen LogP contribution in [0.25, 0.3) is 0 Å². The van der Waals surface area contributed by atoms with Gasteiger partial charge in [0.15, 0.2) is 0 Å². The highest BCUT2D eigenvalue weighted by molar-refractivity contribution is 7.80. The molecule has 0 aliphatic carbocycles. The molecule has 0 amide bonds. The zero-order valence-electron chi connectivity index (χ0n) is 7.78. The van der Waals surface area contributed by atoms with Crippen molar-refractivity contribution in [3.63, 3.8) is 0 Å². The maximum absolute atomic E-state index is 4.41. The summed E-state index contributed by atoms with van der Waals surface area (Å²) in [7, 11) is 4.15. The van der Waals surface area contributed by atoms with Gasteiger partial charge in [-0.1, -0.05) is 18.2 Å². The van der Waals surface area contributed by atoms with E-state index in [0.29, 0.717) is 6.04 Å². The summed E-state index contributed by atoms with van der Waals surface area (Å²) in [6.45, 7) is 2.18. The van der Waals surface area contributed by atoms with Gasteiger partial charge in [0.2, 0.25) is 0 Å². The van der Waals surface area contributed by atoms with Crippen LogP contribution in [0.15, 0.2) is 29.2 Å². The van der Waals surface area contributed by atoms with Crippen LogP contribution in [0.2, 0.25) is 0 Å². The van der Waals surface area contributed by atoms with E-state index in [0.717, 1.165) is 4.90 Å². The lowest BCUT2D eigenvalue weighted by Crippen LogP contribution is -2.17. The summed E-state index contributed by atoms with van der Waals surface area (Å²) in [5, 5.41) is 0. The molecule has 0 radical (unpaired) electrons. The van der Waals surface area contributed by atoms with Crippen LogP contribution in [0.1, 0.15) is 18.5 Å². The zero-order chi connectivity index (χ0) is 9.14. The third-order valence-electron chi connectivity index (χ3n) is 2.16. The molecule has 1 atom stereocenters. The topological polar surface area (TPSA) is 3.24 Å². The monoisotopic (exact) mass is 181 g/mol. The van der Waals surface area contributed by atoms with Crippen molar-refractivity contribution in [3.8, 4) is 0 Å². The van der Waals surface area contributed by atoms with Gasteiger partial charge in [0, 0.05) is 10.9 Å². The molecule has 0 aliphatic rings. The van der Waals surface area contributed by atoms with Crippen molar-refractivity contribution in [2.45, 2.75) is 17.9 Å². The fraction of sp³-hybridized carbons (Fsp3) is 0.400. The molecule has 1 nitrogen and oxygen atoms in total. The van der Waals surface area contributed by atoms with E-state index in [2.05, 4.69) is 50.7 Å². The van der Waals surface area contributed by atoms with E-state index in [1.165, 1.54) is 5.56 Å². The first-order valence-electron chi connectivity index (χ1n) is 4.07. The summed E-state index contributed by atoms with van der Waals surface area (Å²) in [6, 6.07) is 8.63. The van der Waals surface area contributed by atoms with Crippen molar-refractivity contribution in [2.24, 2.45) is 0 Å². The minimum atomic E-state index is 0.429. The first kappa shape index (κ1) is 9.62. The average molecular weight is 181 g/mol. The van der Waals surface area contributed by atoms with Crippen molar-refractivity contribution < 1.29 is 0 Å². The average Bonchev–Trinajstić information content (AvgIpc) is 2.04. The van der Waals surface area contributed by atoms with E-state index >= 15 is 0 Å². The van der Waals surface area contributed by atoms with Gasteiger partial charge in [0.25, 0.3) is 0 Å². The molecular formula is C10H15NS. The van der Waals surface area contributed by atoms with Gasteiger partial charge < -0.3 is 4.90 Å². The molecule has 1 rings (SSSR count). The Bertz CT molecular complexity index is 258. The van der Waals surface area contributed by atoms with Crippen LogP contribution >= 0.6 is 12.6 Å². The van der Waals surface area contributed by atoms with Gasteiger partial charge in [-0.3, -0.25) is 0 Å². The van der Waals surface area contributed by atoms with Crippen molar-refractivity contribution in [2.75, 3.05) is 14.1 Å². The quantitative estimate of drug-likeness (QED) is 0.686. The van der Waals surface area contributed by atoms with Gasteiger partial charge >= 0.3 is 0 Å². The molecule has 12 heavy (non-hydrogen) atoms. The number of hydrogen-bond donors (Lipinski definition) is 1. The normalized spacial score (nSPS) is 13.4. The van der Waals surface area contributed by atoms with Crippen LogP contribution in [0.5, 0.6) is 0 Å². The Hall–Kier alpha value is -0.470. The number of benzene rings is 1. The summed E-state index contributed by atoms with van der Waals surface area (Å²) in [5.41, 5.74) is 1.28. The SMILES string of the molecule is C[C@@H](c1ccccc1S)N(C)C. The summed E-state index contributed by atoms with van der Waals surface area (Å²) >= 11 is 4.41. The summed E-state index contributed by atoms with van der Waals surface area (Å²) < 4.78 is 0. The van der Waals surface area contributed by atoms with E-state index in [4.69, 9.17) is 0 Å². The zero-order valence-corrected chi connectivity index (χ0v) is 8.68. The lowest BCUT2D eigenvalue weighted by Gasteiger charge is -2.21. The Morgan fingerprint density at radius 2 is 1.83 bits per heavy atom. The standard InChI is InChI=1S/C10H15NS/c1-8(11(2)3)9-6-4-5-7-10(9)12/h4-8,12H,1-3H3/t8-/m0/s1. The molecule has 0 fully saturated rings. The molecule has 1 aromatic rings. The second-order valence-electron chi connectivity index (χ2n) is 3.20. The highest BCUT2D eigenvalue weighted by Gasteiger charge is 2.09. The maximum atomic E-state index is 4.41. The van der Waals surface area contributed by atoms with Gasteiger partial charge in [-0.25, -0.2) is 0 Å². The van der Waals surface area contributed by atoms with Crippen LogP contribution in [-0.2, 0) is 0 Å². The minimum absolute atomic E-state index is 0.429. The smallest absolute Gasteiger partial charge is 0.0324 e. The van der Waals surface area contributed by atoms with Crippen molar-refractivity contribution in [1.29, 1.82) is 0 Å². The molecule has 0 unspecified atom stereocenters. The van der Waals surface area contributed by atoms with E-state index in [-0.39, 0.29) is 0 Å². The second kappa shape index (κ2) is 3.97. The second-order valence-corrected chi connectivity index (χ2v) is 3.68. The highest BCUT2D eigenvalue weighted by Crippen LogP contribution is 2.23. The molecule has 0 aliphatic heterocycles. The first-order valence-corrected chi connectivity index (χ1v) is 4.52. The minimum Gasteiger partial charge on any atom is -0.303 e. The van der Waals surface area contributed by atoms with Gasteiger partial charge in [0.05, 0.1) is 0 Å². The van der Waals surface area contributed by atoms with Crippen LogP contribution in [0, 0.1) is 0 Å². The Morgan fingerprint density at radius 1 is 1.25 bits per heavy atom. The third-order valence-corrected chi connectivity index (χ3v) is 2.57. The first-order chi connectivity index (χ1) is 5.63. The van der Waals surface area contributed by atoms with Crippen LogP contribution in [0.4, 0.5) is 0 Å². The summed E-state index contributed by atoms with van der Waals surface area (Å²) in [6.07, 6.45) is 0. The summed E-state index contributed by atoms with van der Waals surface area (Å²) in [4.78, 5) is 3.24. The van der Waals surface area contributed by atoms with Crippen LogP contribution in [-0.4, -0.2) is 19.0 Å². The van der Waals surface area contributed by atoms with E-state index in [9.17, 15) is 0 Å². The number of hydrogen-bond acceptors (Lipinski definition) is 2. The van der Waals surface area contributed by atoms with Crippen molar-refractivity contribution in [3.05, 3.63) is 29.8 Å². The highest BCUT2D eigenvalue weighted by atomic mass is 32.1. The molecule has 0 saturated heterocycles. The Morgan fingerprint density at radius 3 is 2.33 bits per heavy atom. The lowest BCUT2D eigenvalue weighted by atomic mass is 10.1. The third kappa shape index (κ3) is 2.02. The fourth-order valence-corrected chi connectivity index (χ4v) is 1.47. The van der Waals surface area contributed by atoms with Gasteiger partial charge in [-0.05, 0) is 32.6 Å². The van der Waals surface area contributed by atoms with E-state index < -0.39 is 0 Å². The van der Waals surface area contributed by atoms with Gasteiger partial charge in [-0.2, -0.15) is 0 Å². The van der Waals surface area contributed by atoms with Crippen LogP contribution < -0.4 is 0 Å². The Labute approximate surface area is 79.8 Å². The van der Waals surface area contributed by atoms with E-state index in [1.807, 2.05) is 12.1 Å². The lowest BCUT2D eigenvalue weighted by molar-refractivity contribution is 0.318. The van der Waals surface area contributed by atoms with Gasteiger partial charge in [0.1, 0.15) is 0 Å². The molecule has 0 spiro atoms. The molecule has 2 heteroatoms. The molecular weight excluding hydrogens is 166 g/mol. The molecule has 0 heterocycles. The molecule has 0 saturated carbocycles. The Kier molecular flexibility index (Phi) is 3.18. The predicted molar refractivity (Wildman–Crippen MR) is 55.8 cm³/mol. The van der Waals surface area contributed by atoms with Crippen molar-refractivity contribution >= 4 is 12.6 Å². The summed E-state index contributed by atoms with van der Waals surface area (Å²) in [5.74, 6) is 0. The molecule has 0 N–H and O–H groups in total. The molecule has 0 aromatic heterocycles. The molecule has 1 aromatic carbocycles. The maximum Gasteiger partial charge on any atom is 0.0324 e. The van der Waals surface area contributed by atoms with E-state index in [1.54, 1.807) is 0 Å². The Balaban J connectivity index is 2.94. The number of rotatable bonds is 2. The van der Waals surface area contributed by atoms with Crippen molar-refractivity contribution in [1.82, 2.24) is 4.90 Å².